The Balaban J connectivity index is 1.83. The van der Waals surface area contributed by atoms with Crippen molar-refractivity contribution in [3.05, 3.63) is 83.9 Å². The van der Waals surface area contributed by atoms with Crippen molar-refractivity contribution in [2.45, 2.75) is 38.1 Å². The van der Waals surface area contributed by atoms with E-state index in [2.05, 4.69) is 10.0 Å². The number of benzene rings is 3. The summed E-state index contributed by atoms with van der Waals surface area (Å²) < 4.78 is 39.9. The van der Waals surface area contributed by atoms with Gasteiger partial charge in [0.15, 0.2) is 0 Å². The summed E-state index contributed by atoms with van der Waals surface area (Å²) in [6.45, 7) is 6.56. The molecule has 0 aliphatic heterocycles. The molecular weight excluding hydrogens is 452 g/mol. The van der Waals surface area contributed by atoms with Gasteiger partial charge in [-0.25, -0.2) is 8.42 Å². The van der Waals surface area contributed by atoms with Gasteiger partial charge >= 0.3 is 0 Å². The first-order valence-corrected chi connectivity index (χ1v) is 12.6. The van der Waals surface area contributed by atoms with Crippen LogP contribution in [-0.4, -0.2) is 33.6 Å². The normalized spacial score (nSPS) is 12.1. The van der Waals surface area contributed by atoms with E-state index in [-0.39, 0.29) is 11.3 Å². The van der Waals surface area contributed by atoms with Gasteiger partial charge in [0.2, 0.25) is 15.9 Å². The quantitative estimate of drug-likeness (QED) is 0.425. The number of nitrogens with one attached hydrogen (secondary N) is 2. The number of amides is 1. The highest BCUT2D eigenvalue weighted by atomic mass is 32.2. The number of rotatable bonds is 11. The Hall–Kier alpha value is -3.36. The van der Waals surface area contributed by atoms with Crippen LogP contribution in [0.4, 0.5) is 5.69 Å². The molecule has 0 radical (unpaired) electrons. The molecule has 1 unspecified atom stereocenters. The molecule has 8 heteroatoms. The van der Waals surface area contributed by atoms with Crippen molar-refractivity contribution in [2.24, 2.45) is 0 Å². The highest BCUT2D eigenvalue weighted by molar-refractivity contribution is 7.89. The van der Waals surface area contributed by atoms with Gasteiger partial charge in [0.05, 0.1) is 18.1 Å². The molecule has 3 rings (SSSR count). The highest BCUT2D eigenvalue weighted by Gasteiger charge is 2.27. The second-order valence-electron chi connectivity index (χ2n) is 7.67. The molecule has 0 aromatic heterocycles. The van der Waals surface area contributed by atoms with Crippen molar-refractivity contribution < 1.29 is 22.7 Å². The minimum atomic E-state index is -3.97. The molecule has 1 atom stereocenters. The van der Waals surface area contributed by atoms with E-state index >= 15 is 0 Å². The van der Waals surface area contributed by atoms with Crippen molar-refractivity contribution in [3.8, 4) is 11.5 Å². The first-order valence-electron chi connectivity index (χ1n) is 11.2. The largest absolute Gasteiger partial charge is 0.494 e. The van der Waals surface area contributed by atoms with E-state index in [4.69, 9.17) is 9.47 Å². The molecule has 34 heavy (non-hydrogen) atoms. The number of sulfonamides is 1. The van der Waals surface area contributed by atoms with Crippen LogP contribution in [0.15, 0.2) is 77.7 Å². The molecule has 0 fully saturated rings. The summed E-state index contributed by atoms with van der Waals surface area (Å²) in [6, 6.07) is 19.8. The summed E-state index contributed by atoms with van der Waals surface area (Å²) in [5, 5.41) is 2.80. The van der Waals surface area contributed by atoms with Crippen LogP contribution in [0, 0.1) is 6.92 Å². The van der Waals surface area contributed by atoms with Gasteiger partial charge in [-0.05, 0) is 80.8 Å². The van der Waals surface area contributed by atoms with Crippen LogP contribution in [0.25, 0.3) is 0 Å². The Morgan fingerprint density at radius 1 is 0.912 bits per heavy atom. The second kappa shape index (κ2) is 11.7. The van der Waals surface area contributed by atoms with Crippen LogP contribution >= 0.6 is 0 Å². The Morgan fingerprint density at radius 3 is 2.21 bits per heavy atom. The molecule has 0 saturated heterocycles. The van der Waals surface area contributed by atoms with Crippen LogP contribution in [0.5, 0.6) is 11.5 Å². The standard InChI is InChI=1S/C26H30N2O5S/c1-4-32-22-13-11-21(12-14-22)27-26(29)24(18-20-9-7-6-8-10-20)28-34(30,31)23-15-16-25(33-5-2)19(3)17-23/h6-17,24,28H,4-5,18H2,1-3H3,(H,27,29). The first-order chi connectivity index (χ1) is 16.3. The predicted octanol–water partition coefficient (Wildman–Crippen LogP) is 4.32. The van der Waals surface area contributed by atoms with Gasteiger partial charge < -0.3 is 14.8 Å². The van der Waals surface area contributed by atoms with Crippen LogP contribution in [0.3, 0.4) is 0 Å². The summed E-state index contributed by atoms with van der Waals surface area (Å²) in [7, 11) is -3.97. The molecule has 0 bridgehead atoms. The zero-order chi connectivity index (χ0) is 24.6. The average molecular weight is 483 g/mol. The van der Waals surface area contributed by atoms with Gasteiger partial charge in [-0.1, -0.05) is 30.3 Å². The number of aryl methyl sites for hydroxylation is 1. The molecule has 3 aromatic carbocycles. The van der Waals surface area contributed by atoms with Gasteiger partial charge in [-0.15, -0.1) is 0 Å². The third-order valence-electron chi connectivity index (χ3n) is 5.09. The molecule has 180 valence electrons. The van der Waals surface area contributed by atoms with Crippen LogP contribution in [0.1, 0.15) is 25.0 Å². The van der Waals surface area contributed by atoms with E-state index in [1.165, 1.54) is 12.1 Å². The number of hydrogen-bond donors (Lipinski definition) is 2. The Bertz CT molecular complexity index is 1200. The SMILES string of the molecule is CCOc1ccc(NC(=O)C(Cc2ccccc2)NS(=O)(=O)c2ccc(OCC)c(C)c2)cc1. The molecule has 0 heterocycles. The Morgan fingerprint density at radius 2 is 1.59 bits per heavy atom. The molecule has 3 aromatic rings. The minimum Gasteiger partial charge on any atom is -0.494 e. The minimum absolute atomic E-state index is 0.0698. The van der Waals surface area contributed by atoms with Gasteiger partial charge in [0.25, 0.3) is 0 Å². The van der Waals surface area contributed by atoms with Crippen molar-refractivity contribution in [1.82, 2.24) is 4.72 Å². The van der Waals surface area contributed by atoms with Crippen molar-refractivity contribution >= 4 is 21.6 Å². The van der Waals surface area contributed by atoms with E-state index in [0.29, 0.717) is 36.0 Å². The fourth-order valence-electron chi connectivity index (χ4n) is 3.43. The number of carbonyl (C=O) groups excluding carboxylic acids is 1. The van der Waals surface area contributed by atoms with Gasteiger partial charge in [0, 0.05) is 5.69 Å². The first kappa shape index (κ1) is 25.3. The van der Waals surface area contributed by atoms with Crippen molar-refractivity contribution in [1.29, 1.82) is 0 Å². The maximum atomic E-state index is 13.2. The van der Waals surface area contributed by atoms with E-state index < -0.39 is 22.0 Å². The number of hydrogen-bond acceptors (Lipinski definition) is 5. The van der Waals surface area contributed by atoms with Crippen LogP contribution < -0.4 is 19.5 Å². The molecule has 0 saturated carbocycles. The second-order valence-corrected chi connectivity index (χ2v) is 9.38. The maximum Gasteiger partial charge on any atom is 0.242 e. The number of anilines is 1. The summed E-state index contributed by atoms with van der Waals surface area (Å²) in [5.41, 5.74) is 2.07. The molecule has 0 aliphatic carbocycles. The molecule has 1 amide bonds. The lowest BCUT2D eigenvalue weighted by molar-refractivity contribution is -0.117. The number of ether oxygens (including phenoxy) is 2. The lowest BCUT2D eigenvalue weighted by atomic mass is 10.1. The van der Waals surface area contributed by atoms with Gasteiger partial charge in [0.1, 0.15) is 17.5 Å². The molecule has 0 aliphatic rings. The van der Waals surface area contributed by atoms with Gasteiger partial charge in [-0.3, -0.25) is 4.79 Å². The monoisotopic (exact) mass is 482 g/mol. The van der Waals surface area contributed by atoms with Crippen molar-refractivity contribution in [3.63, 3.8) is 0 Å². The van der Waals surface area contributed by atoms with Crippen LogP contribution in [0.2, 0.25) is 0 Å². The Labute approximate surface area is 201 Å². The summed E-state index contributed by atoms with van der Waals surface area (Å²) in [5.74, 6) is 0.850. The fraction of sp³-hybridized carbons (Fsp3) is 0.269. The lowest BCUT2D eigenvalue weighted by Crippen LogP contribution is -2.45. The maximum absolute atomic E-state index is 13.2. The summed E-state index contributed by atoms with van der Waals surface area (Å²) in [4.78, 5) is 13.2. The molecule has 0 spiro atoms. The average Bonchev–Trinajstić information content (AvgIpc) is 2.82. The van der Waals surface area contributed by atoms with E-state index in [9.17, 15) is 13.2 Å². The smallest absolute Gasteiger partial charge is 0.242 e. The van der Waals surface area contributed by atoms with Gasteiger partial charge in [-0.2, -0.15) is 4.72 Å². The van der Waals surface area contributed by atoms with E-state index in [1.807, 2.05) is 44.2 Å². The van der Waals surface area contributed by atoms with E-state index in [1.54, 1.807) is 37.3 Å². The third-order valence-corrected chi connectivity index (χ3v) is 6.56. The third kappa shape index (κ3) is 6.82. The highest BCUT2D eigenvalue weighted by Crippen LogP contribution is 2.22. The van der Waals surface area contributed by atoms with Crippen LogP contribution in [-0.2, 0) is 21.2 Å². The Kier molecular flexibility index (Phi) is 8.67. The van der Waals surface area contributed by atoms with Crippen molar-refractivity contribution in [2.75, 3.05) is 18.5 Å². The topological polar surface area (TPSA) is 93.7 Å². The zero-order valence-corrected chi connectivity index (χ0v) is 20.4. The predicted molar refractivity (Wildman–Crippen MR) is 133 cm³/mol. The number of carbonyl (C=O) groups is 1. The lowest BCUT2D eigenvalue weighted by Gasteiger charge is -2.19. The fourth-order valence-corrected chi connectivity index (χ4v) is 4.71. The summed E-state index contributed by atoms with van der Waals surface area (Å²) in [6.07, 6.45) is 0.193. The summed E-state index contributed by atoms with van der Waals surface area (Å²) >= 11 is 0. The zero-order valence-electron chi connectivity index (χ0n) is 19.6. The van der Waals surface area contributed by atoms with E-state index in [0.717, 1.165) is 5.56 Å². The molecule has 2 N–H and O–H groups in total. The molecular formula is C26H30N2O5S. The molecule has 7 nitrogen and oxygen atoms in total.